The normalized spacial score (nSPS) is 22.4. The molecule has 4 rings (SSSR count). The smallest absolute Gasteiger partial charge is 0.229 e. The minimum atomic E-state index is -0.230. The fraction of sp³-hybridized carbons (Fsp3) is 0.435. The second-order valence-corrected chi connectivity index (χ2v) is 7.93. The van der Waals surface area contributed by atoms with Gasteiger partial charge in [0.25, 0.3) is 0 Å². The number of likely N-dealkylation sites (N-methyl/N-ethyl adjacent to an activating group) is 1. The number of amides is 1. The topological polar surface area (TPSA) is 32.8 Å². The van der Waals surface area contributed by atoms with Crippen LogP contribution < -0.4 is 4.74 Å². The Bertz CT molecular complexity index is 780. The molecule has 0 radical (unpaired) electrons. The van der Waals surface area contributed by atoms with E-state index < -0.39 is 0 Å². The number of hydrogen-bond acceptors (Lipinski definition) is 3. The van der Waals surface area contributed by atoms with Gasteiger partial charge in [0.15, 0.2) is 0 Å². The van der Waals surface area contributed by atoms with Crippen LogP contribution in [-0.4, -0.2) is 49.5 Å². The average Bonchev–Trinajstić information content (AvgIpc) is 2.96. The molecule has 0 bridgehead atoms. The van der Waals surface area contributed by atoms with E-state index in [4.69, 9.17) is 4.74 Å². The predicted octanol–water partition coefficient (Wildman–Crippen LogP) is 3.53. The fourth-order valence-electron chi connectivity index (χ4n) is 4.83. The van der Waals surface area contributed by atoms with Gasteiger partial charge in [-0.1, -0.05) is 42.5 Å². The Kier molecular flexibility index (Phi) is 4.92. The molecule has 2 aliphatic rings. The first-order chi connectivity index (χ1) is 13.1. The molecule has 4 heteroatoms. The van der Waals surface area contributed by atoms with Gasteiger partial charge < -0.3 is 9.64 Å². The molecule has 1 amide bonds. The first-order valence-corrected chi connectivity index (χ1v) is 9.78. The van der Waals surface area contributed by atoms with Gasteiger partial charge in [-0.15, -0.1) is 0 Å². The SMILES string of the molecule is COc1ccc(CN2CCC3(CC2)C(=O)N(C)C[C@@H]3c2ccccc2)cc1. The van der Waals surface area contributed by atoms with Gasteiger partial charge in [0.1, 0.15) is 5.75 Å². The van der Waals surface area contributed by atoms with Crippen molar-refractivity contribution in [3.05, 3.63) is 65.7 Å². The van der Waals surface area contributed by atoms with Crippen LogP contribution in [0, 0.1) is 5.41 Å². The number of piperidine rings is 1. The Balaban J connectivity index is 1.47. The molecular formula is C23H28N2O2. The Labute approximate surface area is 161 Å². The number of methoxy groups -OCH3 is 1. The van der Waals surface area contributed by atoms with Crippen LogP contribution in [0.2, 0.25) is 0 Å². The van der Waals surface area contributed by atoms with Gasteiger partial charge in [-0.3, -0.25) is 9.69 Å². The van der Waals surface area contributed by atoms with Gasteiger partial charge >= 0.3 is 0 Å². The minimum Gasteiger partial charge on any atom is -0.497 e. The molecule has 2 saturated heterocycles. The summed E-state index contributed by atoms with van der Waals surface area (Å²) < 4.78 is 5.24. The van der Waals surface area contributed by atoms with E-state index in [0.717, 1.165) is 44.8 Å². The maximum absolute atomic E-state index is 13.1. The zero-order valence-electron chi connectivity index (χ0n) is 16.2. The predicted molar refractivity (Wildman–Crippen MR) is 107 cm³/mol. The first kappa shape index (κ1) is 18.1. The van der Waals surface area contributed by atoms with Gasteiger partial charge in [-0.05, 0) is 49.2 Å². The summed E-state index contributed by atoms with van der Waals surface area (Å²) in [7, 11) is 3.65. The second-order valence-electron chi connectivity index (χ2n) is 7.93. The lowest BCUT2D eigenvalue weighted by molar-refractivity contribution is -0.137. The Morgan fingerprint density at radius 1 is 1.04 bits per heavy atom. The molecule has 4 nitrogen and oxygen atoms in total. The van der Waals surface area contributed by atoms with Crippen LogP contribution in [0.15, 0.2) is 54.6 Å². The van der Waals surface area contributed by atoms with E-state index in [2.05, 4.69) is 41.3 Å². The Morgan fingerprint density at radius 3 is 2.33 bits per heavy atom. The van der Waals surface area contributed by atoms with Gasteiger partial charge in [0, 0.05) is 26.1 Å². The summed E-state index contributed by atoms with van der Waals surface area (Å²) in [5.74, 6) is 1.53. The van der Waals surface area contributed by atoms with E-state index in [1.807, 2.05) is 30.1 Å². The molecule has 0 N–H and O–H groups in total. The van der Waals surface area contributed by atoms with E-state index in [-0.39, 0.29) is 5.41 Å². The zero-order valence-corrected chi connectivity index (χ0v) is 16.2. The summed E-state index contributed by atoms with van der Waals surface area (Å²) in [6.45, 7) is 3.70. The molecule has 0 aromatic heterocycles. The summed E-state index contributed by atoms with van der Waals surface area (Å²) >= 11 is 0. The second kappa shape index (κ2) is 7.35. The van der Waals surface area contributed by atoms with E-state index in [1.165, 1.54) is 11.1 Å². The van der Waals surface area contributed by atoms with Crippen molar-refractivity contribution in [1.82, 2.24) is 9.80 Å². The monoisotopic (exact) mass is 364 g/mol. The van der Waals surface area contributed by atoms with Crippen molar-refractivity contribution in [1.29, 1.82) is 0 Å². The fourth-order valence-corrected chi connectivity index (χ4v) is 4.83. The van der Waals surface area contributed by atoms with Gasteiger partial charge in [0.2, 0.25) is 5.91 Å². The van der Waals surface area contributed by atoms with E-state index in [9.17, 15) is 4.79 Å². The van der Waals surface area contributed by atoms with Crippen molar-refractivity contribution in [3.8, 4) is 5.75 Å². The molecule has 2 aromatic carbocycles. The average molecular weight is 364 g/mol. The number of rotatable bonds is 4. The highest BCUT2D eigenvalue weighted by Crippen LogP contribution is 2.50. The molecule has 2 aromatic rings. The molecule has 1 atom stereocenters. The van der Waals surface area contributed by atoms with Crippen LogP contribution in [0.1, 0.15) is 29.9 Å². The van der Waals surface area contributed by atoms with Crippen molar-refractivity contribution in [2.24, 2.45) is 5.41 Å². The minimum absolute atomic E-state index is 0.230. The van der Waals surface area contributed by atoms with Gasteiger partial charge in [-0.2, -0.15) is 0 Å². The van der Waals surface area contributed by atoms with E-state index >= 15 is 0 Å². The largest absolute Gasteiger partial charge is 0.497 e. The lowest BCUT2D eigenvalue weighted by atomic mass is 9.68. The van der Waals surface area contributed by atoms with Crippen molar-refractivity contribution >= 4 is 5.91 Å². The highest BCUT2D eigenvalue weighted by molar-refractivity contribution is 5.86. The van der Waals surface area contributed by atoms with E-state index in [1.54, 1.807) is 7.11 Å². The molecular weight excluding hydrogens is 336 g/mol. The molecule has 1 spiro atoms. The van der Waals surface area contributed by atoms with Gasteiger partial charge in [0.05, 0.1) is 12.5 Å². The summed E-state index contributed by atoms with van der Waals surface area (Å²) in [6.07, 6.45) is 1.87. The number of likely N-dealkylation sites (tertiary alicyclic amines) is 2. The highest BCUT2D eigenvalue weighted by atomic mass is 16.5. The van der Waals surface area contributed by atoms with Crippen molar-refractivity contribution in [2.75, 3.05) is 33.8 Å². The van der Waals surface area contributed by atoms with E-state index in [0.29, 0.717) is 11.8 Å². The standard InChI is InChI=1S/C23H28N2O2/c1-24-17-21(19-6-4-3-5-7-19)23(22(24)26)12-14-25(15-13-23)16-18-8-10-20(27-2)11-9-18/h3-11,21H,12-17H2,1-2H3/t21-/m1/s1. The number of carbonyl (C=O) groups excluding carboxylic acids is 1. The maximum Gasteiger partial charge on any atom is 0.229 e. The summed E-state index contributed by atoms with van der Waals surface area (Å²) in [6, 6.07) is 18.9. The number of hydrogen-bond donors (Lipinski definition) is 0. The highest BCUT2D eigenvalue weighted by Gasteiger charge is 2.54. The third-order valence-corrected chi connectivity index (χ3v) is 6.41. The van der Waals surface area contributed by atoms with Crippen LogP contribution in [0.3, 0.4) is 0 Å². The van der Waals surface area contributed by atoms with Crippen molar-refractivity contribution in [3.63, 3.8) is 0 Å². The number of nitrogens with zero attached hydrogens (tertiary/aromatic N) is 2. The Hall–Kier alpha value is -2.33. The third-order valence-electron chi connectivity index (χ3n) is 6.41. The maximum atomic E-state index is 13.1. The first-order valence-electron chi connectivity index (χ1n) is 9.78. The number of benzene rings is 2. The zero-order chi connectivity index (χ0) is 18.9. The van der Waals surface area contributed by atoms with Crippen molar-refractivity contribution in [2.45, 2.75) is 25.3 Å². The lowest BCUT2D eigenvalue weighted by Gasteiger charge is -2.41. The van der Waals surface area contributed by atoms with Crippen LogP contribution in [0.25, 0.3) is 0 Å². The van der Waals surface area contributed by atoms with Crippen LogP contribution in [0.4, 0.5) is 0 Å². The Morgan fingerprint density at radius 2 is 1.70 bits per heavy atom. The summed E-state index contributed by atoms with van der Waals surface area (Å²) in [5, 5.41) is 0. The van der Waals surface area contributed by atoms with Crippen molar-refractivity contribution < 1.29 is 9.53 Å². The molecule has 142 valence electrons. The molecule has 0 unspecified atom stereocenters. The summed E-state index contributed by atoms with van der Waals surface area (Å²) in [5.41, 5.74) is 2.37. The lowest BCUT2D eigenvalue weighted by Crippen LogP contribution is -2.45. The summed E-state index contributed by atoms with van der Waals surface area (Å²) in [4.78, 5) is 17.5. The quantitative estimate of drug-likeness (QED) is 0.832. The molecule has 27 heavy (non-hydrogen) atoms. The van der Waals surface area contributed by atoms with Crippen LogP contribution in [-0.2, 0) is 11.3 Å². The molecule has 2 heterocycles. The van der Waals surface area contributed by atoms with Crippen LogP contribution >= 0.6 is 0 Å². The molecule has 0 aliphatic carbocycles. The van der Waals surface area contributed by atoms with Crippen LogP contribution in [0.5, 0.6) is 5.75 Å². The molecule has 2 aliphatic heterocycles. The third kappa shape index (κ3) is 3.34. The molecule has 2 fully saturated rings. The molecule has 0 saturated carbocycles. The number of ether oxygens (including phenoxy) is 1. The number of carbonyl (C=O) groups is 1. The van der Waals surface area contributed by atoms with Gasteiger partial charge in [-0.25, -0.2) is 0 Å².